The van der Waals surface area contributed by atoms with Crippen molar-refractivity contribution in [3.63, 3.8) is 0 Å². The Kier molecular flexibility index (Phi) is 8.05. The van der Waals surface area contributed by atoms with Gasteiger partial charge >= 0.3 is 17.1 Å². The molecule has 2 fully saturated rings. The summed E-state index contributed by atoms with van der Waals surface area (Å²) in [6.07, 6.45) is 16.8. The van der Waals surface area contributed by atoms with E-state index in [1.165, 1.54) is 18.3 Å². The largest absolute Gasteiger partial charge is 2.00 e. The molecule has 1 heterocycles. The molecule has 2 aliphatic rings. The van der Waals surface area contributed by atoms with Crippen LogP contribution in [0.3, 0.4) is 0 Å². The monoisotopic (exact) mass is 450 g/mol. The number of hydrogen-bond acceptors (Lipinski definition) is 3. The van der Waals surface area contributed by atoms with Crippen molar-refractivity contribution in [2.24, 2.45) is 0 Å². The second-order valence-corrected chi connectivity index (χ2v) is 6.70. The van der Waals surface area contributed by atoms with Crippen molar-refractivity contribution in [1.82, 2.24) is 0 Å². The Balaban J connectivity index is 0.000000401. The third-order valence-corrected chi connectivity index (χ3v) is 4.84. The Bertz CT molecular complexity index is 1020. The van der Waals surface area contributed by atoms with Gasteiger partial charge in [-0.3, -0.25) is 10.1 Å². The standard InChI is InChI=1S/C20H13N2O3.C5H5.Fe/c23-21-12-11-15(22(24)25)13-20(21)19-10-4-9-18(19)17-8-3-6-14-5-1-2-7-16(14)17;1-2-4-5-3-1;/h1-13H;1-5H;/q;;+2. The molecule has 1 aromatic heterocycles. The van der Waals surface area contributed by atoms with Crippen molar-refractivity contribution < 1.29 is 26.7 Å². The number of rotatable bonds is 3. The summed E-state index contributed by atoms with van der Waals surface area (Å²) in [5.74, 6) is 1.55. The van der Waals surface area contributed by atoms with Gasteiger partial charge in [0.05, 0.1) is 23.0 Å². The molecule has 5 nitrogen and oxygen atoms in total. The van der Waals surface area contributed by atoms with Crippen LogP contribution in [0.4, 0.5) is 5.69 Å². The average molecular weight is 450 g/mol. The molecule has 0 amide bonds. The SMILES string of the molecule is O=[N+]([O-])c1cc[n+]([O-])c([C]2[CH][CH][CH][C]2c2cccc3ccccc23)c1.[CH]1[CH][CH][CH][CH]1.[Fe+2]. The van der Waals surface area contributed by atoms with Crippen LogP contribution in [0, 0.1) is 78.5 Å². The summed E-state index contributed by atoms with van der Waals surface area (Å²) in [5.41, 5.74) is 1.15. The van der Waals surface area contributed by atoms with E-state index in [1.807, 2.05) is 93.8 Å². The fourth-order valence-corrected chi connectivity index (χ4v) is 3.45. The maximum Gasteiger partial charge on any atom is 2.00 e. The molecule has 0 N–H and O–H groups in total. The van der Waals surface area contributed by atoms with E-state index in [4.69, 9.17) is 0 Å². The molecular formula is C25H18FeN2O3+2. The van der Waals surface area contributed by atoms with E-state index in [1.54, 1.807) is 0 Å². The van der Waals surface area contributed by atoms with Gasteiger partial charge in [0.1, 0.15) is 0 Å². The van der Waals surface area contributed by atoms with Crippen molar-refractivity contribution in [2.75, 3.05) is 0 Å². The van der Waals surface area contributed by atoms with Gasteiger partial charge in [-0.1, -0.05) is 42.5 Å². The molecule has 31 heavy (non-hydrogen) atoms. The van der Waals surface area contributed by atoms with E-state index in [-0.39, 0.29) is 28.4 Å². The zero-order valence-corrected chi connectivity index (χ0v) is 17.5. The Morgan fingerprint density at radius 3 is 2.13 bits per heavy atom. The number of nitrogens with zero attached hydrogens (tertiary/aromatic N) is 2. The molecule has 2 aromatic carbocycles. The number of benzene rings is 2. The second kappa shape index (κ2) is 10.7. The van der Waals surface area contributed by atoms with E-state index in [9.17, 15) is 15.3 Å². The zero-order chi connectivity index (χ0) is 20.9. The summed E-state index contributed by atoms with van der Waals surface area (Å²) in [6.45, 7) is 0. The molecule has 2 saturated carbocycles. The molecular weight excluding hydrogens is 432 g/mol. The first-order valence-corrected chi connectivity index (χ1v) is 9.43. The normalized spacial score (nSPS) is 16.5. The number of hydrogen-bond donors (Lipinski definition) is 0. The van der Waals surface area contributed by atoms with Gasteiger partial charge in [-0.2, -0.15) is 4.73 Å². The molecule has 10 radical (unpaired) electrons. The first-order valence-electron chi connectivity index (χ1n) is 9.43. The van der Waals surface area contributed by atoms with Crippen LogP contribution in [0.2, 0.25) is 0 Å². The average Bonchev–Trinajstić information content (AvgIpc) is 3.49. The second-order valence-electron chi connectivity index (χ2n) is 6.70. The summed E-state index contributed by atoms with van der Waals surface area (Å²) in [4.78, 5) is 10.6. The van der Waals surface area contributed by atoms with Crippen molar-refractivity contribution >= 4 is 16.5 Å². The molecule has 6 heteroatoms. The summed E-state index contributed by atoms with van der Waals surface area (Å²) < 4.78 is 0.664. The fraction of sp³-hybridized carbons (Fsp3) is 0. The summed E-state index contributed by atoms with van der Waals surface area (Å²) in [7, 11) is 0. The van der Waals surface area contributed by atoms with Crippen LogP contribution in [-0.4, -0.2) is 4.92 Å². The number of nitro groups is 1. The van der Waals surface area contributed by atoms with Crippen molar-refractivity contribution in [3.05, 3.63) is 151 Å². The third kappa shape index (κ3) is 5.25. The van der Waals surface area contributed by atoms with Crippen molar-refractivity contribution in [3.8, 4) is 0 Å². The topological polar surface area (TPSA) is 70.1 Å². The Morgan fingerprint density at radius 1 is 0.774 bits per heavy atom. The van der Waals surface area contributed by atoms with E-state index in [0.29, 0.717) is 10.6 Å². The first kappa shape index (κ1) is 23.2. The van der Waals surface area contributed by atoms with Crippen LogP contribution in [0.15, 0.2) is 60.8 Å². The molecule has 2 aliphatic carbocycles. The van der Waals surface area contributed by atoms with Crippen LogP contribution in [-0.2, 0) is 17.1 Å². The molecule has 0 spiro atoms. The predicted octanol–water partition coefficient (Wildman–Crippen LogP) is 4.57. The van der Waals surface area contributed by atoms with Crippen molar-refractivity contribution in [1.29, 1.82) is 0 Å². The molecule has 0 unspecified atom stereocenters. The minimum absolute atomic E-state index is 0. The smallest absolute Gasteiger partial charge is 0.618 e. The Hall–Kier alpha value is -2.43. The first-order chi connectivity index (χ1) is 14.6. The van der Waals surface area contributed by atoms with Crippen LogP contribution in [0.25, 0.3) is 10.8 Å². The van der Waals surface area contributed by atoms with E-state index in [0.717, 1.165) is 22.3 Å². The van der Waals surface area contributed by atoms with Gasteiger partial charge in [0, 0.05) is 5.92 Å². The Labute approximate surface area is 193 Å². The Morgan fingerprint density at radius 2 is 1.42 bits per heavy atom. The van der Waals surface area contributed by atoms with Crippen LogP contribution < -0.4 is 4.73 Å². The zero-order valence-electron chi connectivity index (χ0n) is 16.4. The van der Waals surface area contributed by atoms with E-state index >= 15 is 0 Å². The summed E-state index contributed by atoms with van der Waals surface area (Å²) in [6, 6.07) is 16.5. The quantitative estimate of drug-likeness (QED) is 0.193. The maximum absolute atomic E-state index is 12.2. The fourth-order valence-electron chi connectivity index (χ4n) is 3.45. The van der Waals surface area contributed by atoms with Crippen LogP contribution in [0.5, 0.6) is 0 Å². The predicted molar refractivity (Wildman–Crippen MR) is 115 cm³/mol. The third-order valence-electron chi connectivity index (χ3n) is 4.84. The van der Waals surface area contributed by atoms with Gasteiger partial charge in [0.25, 0.3) is 5.69 Å². The molecule has 152 valence electrons. The molecule has 5 rings (SSSR count). The number of fused-ring (bicyclic) bond motifs is 1. The van der Waals surface area contributed by atoms with Crippen molar-refractivity contribution in [2.45, 2.75) is 0 Å². The molecule has 0 saturated heterocycles. The van der Waals surface area contributed by atoms with Crippen LogP contribution in [0.1, 0.15) is 11.3 Å². The van der Waals surface area contributed by atoms with Gasteiger partial charge < -0.3 is 5.21 Å². The minimum Gasteiger partial charge on any atom is -0.618 e. The van der Waals surface area contributed by atoms with Gasteiger partial charge in [-0.15, -0.1) is 0 Å². The summed E-state index contributed by atoms with van der Waals surface area (Å²) >= 11 is 0. The number of pyridine rings is 1. The number of aromatic nitrogens is 1. The minimum atomic E-state index is -0.496. The van der Waals surface area contributed by atoms with Crippen LogP contribution >= 0.6 is 0 Å². The van der Waals surface area contributed by atoms with Gasteiger partial charge in [0.15, 0.2) is 6.20 Å². The molecule has 0 bridgehead atoms. The van der Waals surface area contributed by atoms with Gasteiger partial charge in [0.2, 0.25) is 5.69 Å². The molecule has 3 aromatic rings. The molecule has 0 aliphatic heterocycles. The van der Waals surface area contributed by atoms with Gasteiger partial charge in [-0.05, 0) is 67.7 Å². The van der Waals surface area contributed by atoms with Gasteiger partial charge in [-0.25, -0.2) is 0 Å². The summed E-state index contributed by atoms with van der Waals surface area (Å²) in [5, 5.41) is 25.5. The maximum atomic E-state index is 12.2. The van der Waals surface area contributed by atoms with E-state index in [2.05, 4.69) is 0 Å². The molecule has 0 atom stereocenters. The van der Waals surface area contributed by atoms with E-state index < -0.39 is 4.92 Å².